The second-order valence-electron chi connectivity index (χ2n) is 6.42. The van der Waals surface area contributed by atoms with E-state index in [1.165, 1.54) is 11.8 Å². The molecular weight excluding hydrogens is 490 g/mol. The SMILES string of the molecule is CCN(CC)CCN(C(=O)CSc1ccc(Cl)cc1)c1nc2ccc(Br)cc2s1. The molecule has 0 atom stereocenters. The number of nitrogens with zero attached hydrogens (tertiary/aromatic N) is 3. The highest BCUT2D eigenvalue weighted by molar-refractivity contribution is 9.10. The van der Waals surface area contributed by atoms with Crippen LogP contribution >= 0.6 is 50.6 Å². The summed E-state index contributed by atoms with van der Waals surface area (Å²) >= 11 is 12.5. The molecule has 2 aromatic carbocycles. The summed E-state index contributed by atoms with van der Waals surface area (Å²) in [6, 6.07) is 13.6. The molecule has 154 valence electrons. The number of rotatable bonds is 9. The number of aromatic nitrogens is 1. The summed E-state index contributed by atoms with van der Waals surface area (Å²) in [5.41, 5.74) is 0.916. The first-order chi connectivity index (χ1) is 14.0. The van der Waals surface area contributed by atoms with Gasteiger partial charge in [-0.15, -0.1) is 11.8 Å². The van der Waals surface area contributed by atoms with Gasteiger partial charge in [-0.3, -0.25) is 9.69 Å². The van der Waals surface area contributed by atoms with Crippen molar-refractivity contribution in [2.24, 2.45) is 0 Å². The molecule has 8 heteroatoms. The Labute approximate surface area is 193 Å². The summed E-state index contributed by atoms with van der Waals surface area (Å²) in [5, 5.41) is 1.45. The number of thioether (sulfide) groups is 1. The quantitative estimate of drug-likeness (QED) is 0.321. The Hall–Kier alpha value is -1.12. The molecule has 0 N–H and O–H groups in total. The largest absolute Gasteiger partial charge is 0.302 e. The highest BCUT2D eigenvalue weighted by Gasteiger charge is 2.20. The third-order valence-electron chi connectivity index (χ3n) is 4.58. The van der Waals surface area contributed by atoms with Crippen LogP contribution in [0.1, 0.15) is 13.8 Å². The first kappa shape index (κ1) is 22.6. The number of fused-ring (bicyclic) bond motifs is 1. The highest BCUT2D eigenvalue weighted by Crippen LogP contribution is 2.31. The van der Waals surface area contributed by atoms with Gasteiger partial charge in [0.25, 0.3) is 0 Å². The smallest absolute Gasteiger partial charge is 0.239 e. The van der Waals surface area contributed by atoms with Gasteiger partial charge in [-0.05, 0) is 55.6 Å². The topological polar surface area (TPSA) is 36.4 Å². The van der Waals surface area contributed by atoms with Crippen LogP contribution in [0.4, 0.5) is 5.13 Å². The fourth-order valence-electron chi connectivity index (χ4n) is 2.86. The van der Waals surface area contributed by atoms with E-state index in [0.717, 1.165) is 44.4 Å². The van der Waals surface area contributed by atoms with Gasteiger partial charge in [0.05, 0.1) is 16.0 Å². The van der Waals surface area contributed by atoms with Gasteiger partial charge in [-0.1, -0.05) is 52.7 Å². The van der Waals surface area contributed by atoms with Gasteiger partial charge >= 0.3 is 0 Å². The number of hydrogen-bond acceptors (Lipinski definition) is 5. The number of benzene rings is 2. The van der Waals surface area contributed by atoms with Crippen molar-refractivity contribution >= 4 is 71.9 Å². The number of carbonyl (C=O) groups excluding carboxylic acids is 1. The molecule has 3 aromatic rings. The molecule has 0 aliphatic carbocycles. The minimum atomic E-state index is 0.0650. The Morgan fingerprint density at radius 3 is 2.55 bits per heavy atom. The van der Waals surface area contributed by atoms with Crippen LogP contribution < -0.4 is 4.90 Å². The molecule has 1 amide bonds. The number of amides is 1. The lowest BCUT2D eigenvalue weighted by molar-refractivity contribution is -0.116. The van der Waals surface area contributed by atoms with Crippen molar-refractivity contribution in [1.29, 1.82) is 0 Å². The summed E-state index contributed by atoms with van der Waals surface area (Å²) in [6.07, 6.45) is 0. The van der Waals surface area contributed by atoms with Crippen molar-refractivity contribution in [3.05, 3.63) is 52.0 Å². The fourth-order valence-corrected chi connectivity index (χ4v) is 5.33. The van der Waals surface area contributed by atoms with Crippen LogP contribution in [-0.4, -0.2) is 47.7 Å². The molecule has 0 saturated carbocycles. The second-order valence-corrected chi connectivity index (χ2v) is 9.83. The summed E-state index contributed by atoms with van der Waals surface area (Å²) in [4.78, 5) is 23.0. The normalized spacial score (nSPS) is 11.3. The molecule has 3 rings (SSSR count). The maximum Gasteiger partial charge on any atom is 0.239 e. The van der Waals surface area contributed by atoms with Crippen molar-refractivity contribution < 1.29 is 4.79 Å². The van der Waals surface area contributed by atoms with Crippen LogP contribution in [0, 0.1) is 0 Å². The van der Waals surface area contributed by atoms with E-state index in [9.17, 15) is 4.79 Å². The Morgan fingerprint density at radius 2 is 1.86 bits per heavy atom. The van der Waals surface area contributed by atoms with Crippen LogP contribution in [0.5, 0.6) is 0 Å². The lowest BCUT2D eigenvalue weighted by Crippen LogP contribution is -2.39. The zero-order valence-corrected chi connectivity index (χ0v) is 20.4. The minimum Gasteiger partial charge on any atom is -0.302 e. The molecule has 29 heavy (non-hydrogen) atoms. The number of thiazole rings is 1. The van der Waals surface area contributed by atoms with Crippen molar-refractivity contribution in [3.8, 4) is 0 Å². The number of carbonyl (C=O) groups is 1. The Bertz CT molecular complexity index is 960. The van der Waals surface area contributed by atoms with Crippen LogP contribution in [0.15, 0.2) is 51.8 Å². The maximum absolute atomic E-state index is 13.1. The fraction of sp³-hybridized carbons (Fsp3) is 0.333. The number of anilines is 1. The molecule has 4 nitrogen and oxygen atoms in total. The average molecular weight is 513 g/mol. The summed E-state index contributed by atoms with van der Waals surface area (Å²) in [5.74, 6) is 0.426. The molecule has 1 aromatic heterocycles. The monoisotopic (exact) mass is 511 g/mol. The standard InChI is InChI=1S/C21H23BrClN3OS2/c1-3-25(4-2)11-12-26(20(27)14-28-17-8-6-16(23)7-9-17)21-24-18-10-5-15(22)13-19(18)29-21/h5-10,13H,3-4,11-12,14H2,1-2H3. The minimum absolute atomic E-state index is 0.0650. The van der Waals surface area contributed by atoms with E-state index < -0.39 is 0 Å². The van der Waals surface area contributed by atoms with Gasteiger partial charge in [0.15, 0.2) is 5.13 Å². The van der Waals surface area contributed by atoms with E-state index in [1.807, 2.05) is 47.4 Å². The van der Waals surface area contributed by atoms with E-state index in [2.05, 4.69) is 34.7 Å². The molecule has 0 aliphatic rings. The summed E-state index contributed by atoms with van der Waals surface area (Å²) < 4.78 is 2.08. The van der Waals surface area contributed by atoms with Crippen LogP contribution in [-0.2, 0) is 4.79 Å². The van der Waals surface area contributed by atoms with E-state index in [4.69, 9.17) is 16.6 Å². The molecule has 0 radical (unpaired) electrons. The third kappa shape index (κ3) is 6.18. The van der Waals surface area contributed by atoms with Crippen molar-refractivity contribution in [3.63, 3.8) is 0 Å². The molecule has 0 aliphatic heterocycles. The molecular formula is C21H23BrClN3OS2. The average Bonchev–Trinajstić information content (AvgIpc) is 3.13. The molecule has 1 heterocycles. The molecule has 0 bridgehead atoms. The summed E-state index contributed by atoms with van der Waals surface area (Å²) in [7, 11) is 0. The third-order valence-corrected chi connectivity index (χ3v) is 7.36. The number of hydrogen-bond donors (Lipinski definition) is 0. The van der Waals surface area contributed by atoms with Gasteiger partial charge < -0.3 is 4.90 Å². The van der Waals surface area contributed by atoms with E-state index in [0.29, 0.717) is 17.3 Å². The van der Waals surface area contributed by atoms with E-state index in [1.54, 1.807) is 11.3 Å². The Balaban J connectivity index is 1.78. The predicted molar refractivity (Wildman–Crippen MR) is 130 cm³/mol. The molecule has 0 saturated heterocycles. The van der Waals surface area contributed by atoms with Crippen LogP contribution in [0.2, 0.25) is 5.02 Å². The number of halogens is 2. The van der Waals surface area contributed by atoms with Crippen LogP contribution in [0.25, 0.3) is 10.2 Å². The van der Waals surface area contributed by atoms with Crippen LogP contribution in [0.3, 0.4) is 0 Å². The van der Waals surface area contributed by atoms with Crippen molar-refractivity contribution in [2.75, 3.05) is 36.8 Å². The lowest BCUT2D eigenvalue weighted by atomic mass is 10.3. The maximum atomic E-state index is 13.1. The zero-order valence-electron chi connectivity index (χ0n) is 16.4. The molecule has 0 spiro atoms. The predicted octanol–water partition coefficient (Wildman–Crippen LogP) is 6.18. The summed E-state index contributed by atoms with van der Waals surface area (Å²) in [6.45, 7) is 7.66. The van der Waals surface area contributed by atoms with Crippen molar-refractivity contribution in [2.45, 2.75) is 18.7 Å². The first-order valence-electron chi connectivity index (χ1n) is 9.47. The van der Waals surface area contributed by atoms with Gasteiger partial charge in [-0.25, -0.2) is 4.98 Å². The van der Waals surface area contributed by atoms with Crippen molar-refractivity contribution in [1.82, 2.24) is 9.88 Å². The van der Waals surface area contributed by atoms with Gasteiger partial charge in [-0.2, -0.15) is 0 Å². The Morgan fingerprint density at radius 1 is 1.14 bits per heavy atom. The zero-order chi connectivity index (χ0) is 20.8. The second kappa shape index (κ2) is 10.8. The molecule has 0 unspecified atom stereocenters. The lowest BCUT2D eigenvalue weighted by Gasteiger charge is -2.24. The van der Waals surface area contributed by atoms with E-state index >= 15 is 0 Å². The van der Waals surface area contributed by atoms with Gasteiger partial charge in [0, 0.05) is 27.5 Å². The Kier molecular flexibility index (Phi) is 8.38. The highest BCUT2D eigenvalue weighted by atomic mass is 79.9. The van der Waals surface area contributed by atoms with Gasteiger partial charge in [0.2, 0.25) is 5.91 Å². The van der Waals surface area contributed by atoms with Gasteiger partial charge in [0.1, 0.15) is 0 Å². The number of likely N-dealkylation sites (N-methyl/N-ethyl adjacent to an activating group) is 1. The first-order valence-corrected chi connectivity index (χ1v) is 12.4. The molecule has 0 fully saturated rings. The van der Waals surface area contributed by atoms with E-state index in [-0.39, 0.29) is 5.91 Å².